The Balaban J connectivity index is 1.44. The monoisotopic (exact) mass is 440 g/mol. The summed E-state index contributed by atoms with van der Waals surface area (Å²) in [5, 5.41) is 0. The summed E-state index contributed by atoms with van der Waals surface area (Å²) in [6.07, 6.45) is 3.70. The molecule has 0 bridgehead atoms. The number of rotatable bonds is 4. The van der Waals surface area contributed by atoms with Crippen molar-refractivity contribution in [2.75, 3.05) is 43.1 Å². The van der Waals surface area contributed by atoms with Gasteiger partial charge in [0.1, 0.15) is 11.6 Å². The first-order chi connectivity index (χ1) is 16.2. The van der Waals surface area contributed by atoms with E-state index >= 15 is 0 Å². The van der Waals surface area contributed by atoms with Crippen molar-refractivity contribution >= 4 is 28.9 Å². The van der Waals surface area contributed by atoms with Crippen molar-refractivity contribution < 1.29 is 14.3 Å². The molecule has 2 amide bonds. The van der Waals surface area contributed by atoms with Gasteiger partial charge >= 0.3 is 0 Å². The van der Waals surface area contributed by atoms with Crippen molar-refractivity contribution in [3.8, 4) is 5.75 Å². The predicted octanol–water partition coefficient (Wildman–Crippen LogP) is 3.44. The Morgan fingerprint density at radius 2 is 1.52 bits per heavy atom. The summed E-state index contributed by atoms with van der Waals surface area (Å²) < 4.78 is 5.21. The highest BCUT2D eigenvalue weighted by atomic mass is 16.5. The Labute approximate surface area is 192 Å². The van der Waals surface area contributed by atoms with Gasteiger partial charge in [0.05, 0.1) is 18.4 Å². The molecule has 3 aromatic rings. The first-order valence-corrected chi connectivity index (χ1v) is 10.9. The predicted molar refractivity (Wildman–Crippen MR) is 127 cm³/mol. The van der Waals surface area contributed by atoms with E-state index in [1.54, 1.807) is 43.6 Å². The molecule has 1 saturated heterocycles. The van der Waals surface area contributed by atoms with Gasteiger partial charge in [0.15, 0.2) is 0 Å². The summed E-state index contributed by atoms with van der Waals surface area (Å²) >= 11 is 0. The number of amides is 2. The zero-order valence-electron chi connectivity index (χ0n) is 18.3. The molecule has 0 saturated carbocycles. The SMILES string of the molecule is COc1ccc(N2C(=O)/C(=C\N3CCN(c4ccccn4)CC3)c3ccccc3C2=O)cc1. The van der Waals surface area contributed by atoms with E-state index in [2.05, 4.69) is 14.8 Å². The van der Waals surface area contributed by atoms with Gasteiger partial charge in [-0.25, -0.2) is 9.88 Å². The molecule has 3 heterocycles. The lowest BCUT2D eigenvalue weighted by Crippen LogP contribution is -2.46. The average Bonchev–Trinajstić information content (AvgIpc) is 2.88. The van der Waals surface area contributed by atoms with Gasteiger partial charge in [-0.05, 0) is 42.5 Å². The van der Waals surface area contributed by atoms with Gasteiger partial charge < -0.3 is 14.5 Å². The number of carbonyl (C=O) groups is 2. The second-order valence-corrected chi connectivity index (χ2v) is 7.94. The van der Waals surface area contributed by atoms with Crippen LogP contribution >= 0.6 is 0 Å². The van der Waals surface area contributed by atoms with Crippen LogP contribution in [0.5, 0.6) is 5.75 Å². The van der Waals surface area contributed by atoms with Gasteiger partial charge in [0, 0.05) is 49.7 Å². The van der Waals surface area contributed by atoms with Crippen molar-refractivity contribution in [1.29, 1.82) is 0 Å². The van der Waals surface area contributed by atoms with Gasteiger partial charge in [-0.15, -0.1) is 0 Å². The topological polar surface area (TPSA) is 66.0 Å². The Bertz CT molecular complexity index is 1200. The Morgan fingerprint density at radius 1 is 0.818 bits per heavy atom. The quantitative estimate of drug-likeness (QED) is 0.457. The second kappa shape index (κ2) is 8.78. The fraction of sp³-hybridized carbons (Fsp3) is 0.192. The zero-order valence-corrected chi connectivity index (χ0v) is 18.3. The van der Waals surface area contributed by atoms with Crippen LogP contribution in [0.1, 0.15) is 15.9 Å². The maximum Gasteiger partial charge on any atom is 0.267 e. The number of carbonyl (C=O) groups excluding carboxylic acids is 2. The summed E-state index contributed by atoms with van der Waals surface area (Å²) in [5.41, 5.74) is 2.23. The molecule has 5 rings (SSSR count). The largest absolute Gasteiger partial charge is 0.497 e. The molecule has 1 aromatic heterocycles. The van der Waals surface area contributed by atoms with E-state index in [4.69, 9.17) is 4.74 Å². The third-order valence-corrected chi connectivity index (χ3v) is 6.01. The van der Waals surface area contributed by atoms with Crippen molar-refractivity contribution in [3.05, 3.63) is 90.3 Å². The van der Waals surface area contributed by atoms with E-state index in [-0.39, 0.29) is 11.8 Å². The fourth-order valence-corrected chi connectivity index (χ4v) is 4.25. The Hall–Kier alpha value is -4.13. The highest BCUT2D eigenvalue weighted by Gasteiger charge is 2.36. The minimum Gasteiger partial charge on any atom is -0.497 e. The number of ether oxygens (including phenoxy) is 1. The Morgan fingerprint density at radius 3 is 2.18 bits per heavy atom. The standard InChI is InChI=1S/C26H24N4O3/c1-33-20-11-9-19(10-12-20)30-25(31)22-7-3-2-6-21(22)23(26(30)32)18-28-14-16-29(17-15-28)24-8-4-5-13-27-24/h2-13,18H,14-17H2,1H3/b23-18-. The molecule has 0 radical (unpaired) electrons. The minimum absolute atomic E-state index is 0.321. The number of anilines is 2. The van der Waals surface area contributed by atoms with Gasteiger partial charge in [-0.1, -0.05) is 24.3 Å². The zero-order chi connectivity index (χ0) is 22.8. The lowest BCUT2D eigenvalue weighted by Gasteiger charge is -2.36. The van der Waals surface area contributed by atoms with Crippen LogP contribution in [0, 0.1) is 0 Å². The summed E-state index contributed by atoms with van der Waals surface area (Å²) in [5.74, 6) is 0.978. The molecule has 0 atom stereocenters. The molecule has 1 fully saturated rings. The van der Waals surface area contributed by atoms with Crippen LogP contribution in [-0.2, 0) is 4.79 Å². The van der Waals surface area contributed by atoms with Crippen LogP contribution in [0.2, 0.25) is 0 Å². The molecular weight excluding hydrogens is 416 g/mol. The van der Waals surface area contributed by atoms with Gasteiger partial charge in [-0.2, -0.15) is 0 Å². The Kier molecular flexibility index (Phi) is 5.52. The van der Waals surface area contributed by atoms with Crippen LogP contribution in [0.4, 0.5) is 11.5 Å². The van der Waals surface area contributed by atoms with Gasteiger partial charge in [0.2, 0.25) is 0 Å². The average molecular weight is 441 g/mol. The molecule has 0 N–H and O–H groups in total. The second-order valence-electron chi connectivity index (χ2n) is 7.94. The lowest BCUT2D eigenvalue weighted by atomic mass is 9.93. The van der Waals surface area contributed by atoms with E-state index in [9.17, 15) is 9.59 Å². The van der Waals surface area contributed by atoms with Crippen LogP contribution in [0.15, 0.2) is 79.1 Å². The van der Waals surface area contributed by atoms with Crippen LogP contribution < -0.4 is 14.5 Å². The number of benzene rings is 2. The first kappa shape index (κ1) is 20.8. The molecule has 2 aromatic carbocycles. The molecule has 0 aliphatic carbocycles. The summed E-state index contributed by atoms with van der Waals surface area (Å²) in [7, 11) is 1.58. The number of fused-ring (bicyclic) bond motifs is 1. The normalized spacial score (nSPS) is 17.4. The number of piperazine rings is 1. The van der Waals surface area contributed by atoms with E-state index in [0.717, 1.165) is 32.0 Å². The summed E-state index contributed by atoms with van der Waals surface area (Å²) in [6.45, 7) is 3.12. The molecular formula is C26H24N4O3. The van der Waals surface area contributed by atoms with Gasteiger partial charge in [-0.3, -0.25) is 9.59 Å². The molecule has 7 heteroatoms. The summed E-state index contributed by atoms with van der Waals surface area (Å²) in [4.78, 5) is 36.9. The van der Waals surface area contributed by atoms with E-state index in [1.807, 2.05) is 42.6 Å². The van der Waals surface area contributed by atoms with Crippen LogP contribution in [-0.4, -0.2) is 55.0 Å². The molecule has 0 unspecified atom stereocenters. The summed E-state index contributed by atoms with van der Waals surface area (Å²) in [6, 6.07) is 20.1. The number of nitrogens with zero attached hydrogens (tertiary/aromatic N) is 4. The maximum atomic E-state index is 13.6. The fourth-order valence-electron chi connectivity index (χ4n) is 4.25. The maximum absolute atomic E-state index is 13.6. The van der Waals surface area contributed by atoms with Crippen LogP contribution in [0.3, 0.4) is 0 Å². The first-order valence-electron chi connectivity index (χ1n) is 10.9. The molecule has 33 heavy (non-hydrogen) atoms. The number of aromatic nitrogens is 1. The lowest BCUT2D eigenvalue weighted by molar-refractivity contribution is -0.112. The number of pyridine rings is 1. The van der Waals surface area contributed by atoms with E-state index in [1.165, 1.54) is 4.90 Å². The molecule has 0 spiro atoms. The van der Waals surface area contributed by atoms with E-state index in [0.29, 0.717) is 28.1 Å². The van der Waals surface area contributed by atoms with Crippen LogP contribution in [0.25, 0.3) is 5.57 Å². The smallest absolute Gasteiger partial charge is 0.267 e. The van der Waals surface area contributed by atoms with Crippen molar-refractivity contribution in [2.45, 2.75) is 0 Å². The van der Waals surface area contributed by atoms with Crippen molar-refractivity contribution in [2.24, 2.45) is 0 Å². The van der Waals surface area contributed by atoms with Crippen molar-refractivity contribution in [1.82, 2.24) is 9.88 Å². The van der Waals surface area contributed by atoms with Crippen molar-refractivity contribution in [3.63, 3.8) is 0 Å². The third-order valence-electron chi connectivity index (χ3n) is 6.01. The number of methoxy groups -OCH3 is 1. The van der Waals surface area contributed by atoms with E-state index < -0.39 is 0 Å². The number of hydrogen-bond donors (Lipinski definition) is 0. The number of hydrogen-bond acceptors (Lipinski definition) is 6. The number of imide groups is 1. The molecule has 166 valence electrons. The minimum atomic E-state index is -0.323. The third kappa shape index (κ3) is 3.93. The molecule has 7 nitrogen and oxygen atoms in total. The highest BCUT2D eigenvalue weighted by Crippen LogP contribution is 2.33. The highest BCUT2D eigenvalue weighted by molar-refractivity contribution is 6.41. The van der Waals surface area contributed by atoms with Gasteiger partial charge in [0.25, 0.3) is 11.8 Å². The molecule has 2 aliphatic heterocycles. The molecule has 2 aliphatic rings.